The van der Waals surface area contributed by atoms with Crippen molar-refractivity contribution >= 4 is 38.5 Å². The van der Waals surface area contributed by atoms with Gasteiger partial charge in [0.25, 0.3) is 0 Å². The topological polar surface area (TPSA) is 34.4 Å². The maximum absolute atomic E-state index is 11.7. The highest BCUT2D eigenvalue weighted by atomic mass is 79.9. The van der Waals surface area contributed by atoms with Gasteiger partial charge in [0.1, 0.15) is 11.4 Å². The van der Waals surface area contributed by atoms with E-state index in [0.29, 0.717) is 5.69 Å². The van der Waals surface area contributed by atoms with Crippen LogP contribution >= 0.6 is 27.3 Å². The molecular weight excluding hydrogens is 348 g/mol. The molecule has 0 atom stereocenters. The minimum Gasteiger partial charge on any atom is -0.296 e. The molecule has 2 aromatic heterocycles. The summed E-state index contributed by atoms with van der Waals surface area (Å²) in [5.41, 5.74) is 3.40. The van der Waals surface area contributed by atoms with Crippen molar-refractivity contribution in [2.75, 3.05) is 0 Å². The highest BCUT2D eigenvalue weighted by molar-refractivity contribution is 9.10. The third kappa shape index (κ3) is 2.45. The molecule has 0 N–H and O–H groups in total. The Morgan fingerprint density at radius 1 is 1.24 bits per heavy atom. The Labute approximate surface area is 135 Å². The average Bonchev–Trinajstić information content (AvgIpc) is 2.96. The molecule has 5 heteroatoms. The van der Waals surface area contributed by atoms with Gasteiger partial charge in [-0.25, -0.2) is 4.98 Å². The Kier molecular flexibility index (Phi) is 3.50. The van der Waals surface area contributed by atoms with Gasteiger partial charge in [-0.15, -0.1) is 11.3 Å². The molecule has 0 amide bonds. The number of carbonyl (C=O) groups excluding carboxylic acids is 1. The first-order chi connectivity index (χ1) is 9.91. The molecule has 0 bridgehead atoms. The van der Waals surface area contributed by atoms with Gasteiger partial charge in [-0.05, 0) is 12.1 Å². The first kappa shape index (κ1) is 14.5. The maximum Gasteiger partial charge on any atom is 0.195 e. The van der Waals surface area contributed by atoms with Crippen LogP contribution in [0.15, 0.2) is 34.1 Å². The highest BCUT2D eigenvalue weighted by Gasteiger charge is 2.24. The number of fused-ring (bicyclic) bond motifs is 1. The van der Waals surface area contributed by atoms with Crippen LogP contribution in [0.3, 0.4) is 0 Å². The number of aromatic nitrogens is 2. The summed E-state index contributed by atoms with van der Waals surface area (Å²) in [5, 5.41) is 2.08. The Bertz CT molecular complexity index is 809. The van der Waals surface area contributed by atoms with Gasteiger partial charge >= 0.3 is 0 Å². The zero-order chi connectivity index (χ0) is 15.2. The van der Waals surface area contributed by atoms with E-state index in [-0.39, 0.29) is 5.41 Å². The quantitative estimate of drug-likeness (QED) is 0.605. The second kappa shape index (κ2) is 5.07. The van der Waals surface area contributed by atoms with Gasteiger partial charge in [0.05, 0.1) is 0 Å². The van der Waals surface area contributed by atoms with E-state index in [0.717, 1.165) is 32.7 Å². The lowest BCUT2D eigenvalue weighted by molar-refractivity contribution is 0.111. The second-order valence-electron chi connectivity index (χ2n) is 5.96. The van der Waals surface area contributed by atoms with E-state index in [2.05, 4.69) is 47.1 Å². The monoisotopic (exact) mass is 362 g/mol. The van der Waals surface area contributed by atoms with Gasteiger partial charge in [-0.2, -0.15) is 0 Å². The zero-order valence-electron chi connectivity index (χ0n) is 12.1. The molecule has 0 aliphatic carbocycles. The fourth-order valence-electron chi connectivity index (χ4n) is 2.33. The average molecular weight is 363 g/mol. The molecule has 0 radical (unpaired) electrons. The molecule has 3 aromatic rings. The number of rotatable bonds is 2. The molecule has 0 unspecified atom stereocenters. The summed E-state index contributed by atoms with van der Waals surface area (Å²) >= 11 is 5.00. The molecule has 0 fully saturated rings. The van der Waals surface area contributed by atoms with Crippen molar-refractivity contribution in [3.63, 3.8) is 0 Å². The molecule has 0 aliphatic rings. The van der Waals surface area contributed by atoms with E-state index >= 15 is 0 Å². The maximum atomic E-state index is 11.7. The summed E-state index contributed by atoms with van der Waals surface area (Å²) in [7, 11) is 0. The summed E-state index contributed by atoms with van der Waals surface area (Å²) in [6.07, 6.45) is 0.902. The summed E-state index contributed by atoms with van der Waals surface area (Å²) in [5.74, 6) is 0. The first-order valence-corrected chi connectivity index (χ1v) is 8.30. The van der Waals surface area contributed by atoms with Crippen LogP contribution in [0.2, 0.25) is 0 Å². The Hall–Kier alpha value is -1.46. The van der Waals surface area contributed by atoms with Gasteiger partial charge in [0.2, 0.25) is 0 Å². The van der Waals surface area contributed by atoms with Gasteiger partial charge in [-0.3, -0.25) is 9.20 Å². The summed E-state index contributed by atoms with van der Waals surface area (Å²) in [6.45, 7) is 6.42. The molecule has 0 saturated carbocycles. The van der Waals surface area contributed by atoms with Crippen molar-refractivity contribution in [2.45, 2.75) is 26.2 Å². The molecule has 3 nitrogen and oxygen atoms in total. The van der Waals surface area contributed by atoms with Crippen LogP contribution in [0.1, 0.15) is 37.0 Å². The standard InChI is InChI=1S/C16H15BrN2OS/c1-16(2,3)13-9-21-15-18-14(12(8-20)19(13)15)10-4-6-11(17)7-5-10/h4-9H,1-3H3. The fourth-order valence-corrected chi connectivity index (χ4v) is 3.71. The zero-order valence-corrected chi connectivity index (χ0v) is 14.5. The van der Waals surface area contributed by atoms with Gasteiger partial charge in [0.15, 0.2) is 11.2 Å². The van der Waals surface area contributed by atoms with Crippen LogP contribution in [-0.4, -0.2) is 15.7 Å². The van der Waals surface area contributed by atoms with Crippen molar-refractivity contribution < 1.29 is 4.79 Å². The molecule has 0 aliphatic heterocycles. The predicted molar refractivity (Wildman–Crippen MR) is 90.3 cm³/mol. The third-order valence-electron chi connectivity index (χ3n) is 3.40. The molecule has 21 heavy (non-hydrogen) atoms. The third-order valence-corrected chi connectivity index (χ3v) is 4.75. The molecule has 3 rings (SSSR count). The molecular formula is C16H15BrN2OS. The second-order valence-corrected chi connectivity index (χ2v) is 7.71. The normalized spacial score (nSPS) is 12.0. The number of aldehydes is 1. The Morgan fingerprint density at radius 3 is 2.48 bits per heavy atom. The van der Waals surface area contributed by atoms with Crippen LogP contribution in [0, 0.1) is 0 Å². The van der Waals surface area contributed by atoms with Gasteiger partial charge in [0, 0.05) is 26.5 Å². The Balaban J connectivity index is 2.28. The number of carbonyl (C=O) groups is 1. The number of benzene rings is 1. The summed E-state index contributed by atoms with van der Waals surface area (Å²) in [6, 6.07) is 7.87. The van der Waals surface area contributed by atoms with Crippen molar-refractivity contribution in [2.24, 2.45) is 0 Å². The number of hydrogen-bond donors (Lipinski definition) is 0. The lowest BCUT2D eigenvalue weighted by atomic mass is 9.93. The first-order valence-electron chi connectivity index (χ1n) is 6.63. The van der Waals surface area contributed by atoms with E-state index in [1.165, 1.54) is 0 Å². The van der Waals surface area contributed by atoms with E-state index in [4.69, 9.17) is 0 Å². The molecule has 2 heterocycles. The molecule has 108 valence electrons. The van der Waals surface area contributed by atoms with E-state index in [9.17, 15) is 4.79 Å². The van der Waals surface area contributed by atoms with Crippen LogP contribution in [-0.2, 0) is 5.41 Å². The van der Waals surface area contributed by atoms with E-state index in [1.54, 1.807) is 11.3 Å². The minimum absolute atomic E-state index is 0.0340. The van der Waals surface area contributed by atoms with E-state index in [1.807, 2.05) is 28.7 Å². The number of nitrogens with zero attached hydrogens (tertiary/aromatic N) is 2. The van der Waals surface area contributed by atoms with Gasteiger partial charge in [-0.1, -0.05) is 48.8 Å². The van der Waals surface area contributed by atoms with Crippen molar-refractivity contribution in [3.8, 4) is 11.3 Å². The smallest absolute Gasteiger partial charge is 0.195 e. The molecule has 0 saturated heterocycles. The number of halogens is 1. The summed E-state index contributed by atoms with van der Waals surface area (Å²) in [4.78, 5) is 17.2. The van der Waals surface area contributed by atoms with E-state index < -0.39 is 0 Å². The van der Waals surface area contributed by atoms with Crippen molar-refractivity contribution in [1.82, 2.24) is 9.38 Å². The Morgan fingerprint density at radius 2 is 1.90 bits per heavy atom. The van der Waals surface area contributed by atoms with Gasteiger partial charge < -0.3 is 0 Å². The van der Waals surface area contributed by atoms with Crippen LogP contribution in [0.4, 0.5) is 0 Å². The lowest BCUT2D eigenvalue weighted by Gasteiger charge is -2.17. The van der Waals surface area contributed by atoms with Crippen molar-refractivity contribution in [1.29, 1.82) is 0 Å². The molecule has 1 aromatic carbocycles. The largest absolute Gasteiger partial charge is 0.296 e. The van der Waals surface area contributed by atoms with Crippen LogP contribution in [0.5, 0.6) is 0 Å². The fraction of sp³-hybridized carbons (Fsp3) is 0.250. The number of imidazole rings is 1. The number of thiazole rings is 1. The summed E-state index contributed by atoms with van der Waals surface area (Å²) < 4.78 is 2.99. The SMILES string of the molecule is CC(C)(C)c1csc2nc(-c3ccc(Br)cc3)c(C=O)n12. The molecule has 0 spiro atoms. The predicted octanol–water partition coefficient (Wildman–Crippen LogP) is 4.94. The van der Waals surface area contributed by atoms with Crippen molar-refractivity contribution in [3.05, 3.63) is 45.5 Å². The minimum atomic E-state index is -0.0340. The van der Waals surface area contributed by atoms with Crippen LogP contribution < -0.4 is 0 Å². The highest BCUT2D eigenvalue weighted by Crippen LogP contribution is 2.33. The lowest BCUT2D eigenvalue weighted by Crippen LogP contribution is -2.15. The number of hydrogen-bond acceptors (Lipinski definition) is 3. The van der Waals surface area contributed by atoms with Crippen LogP contribution in [0.25, 0.3) is 16.2 Å².